The number of nitrogens with one attached hydrogen (secondary N) is 1. The maximum absolute atomic E-state index is 5.96. The van der Waals surface area contributed by atoms with Gasteiger partial charge in [-0.2, -0.15) is 0 Å². The smallest absolute Gasteiger partial charge is 0.242 e. The molecule has 0 unspecified atom stereocenters. The van der Waals surface area contributed by atoms with Crippen LogP contribution in [0.25, 0.3) is 0 Å². The molecule has 3 rings (SSSR count). The minimum absolute atomic E-state index is 0.544. The van der Waals surface area contributed by atoms with Gasteiger partial charge in [0.05, 0.1) is 0 Å². The van der Waals surface area contributed by atoms with Crippen molar-refractivity contribution in [2.45, 2.75) is 20.1 Å². The summed E-state index contributed by atoms with van der Waals surface area (Å²) in [5, 5.41) is 14.5. The fourth-order valence-electron chi connectivity index (χ4n) is 2.19. The molecule has 0 aliphatic carbocycles. The van der Waals surface area contributed by atoms with E-state index in [1.54, 1.807) is 11.7 Å². The standard InChI is InChI=1S/C17H19N5O/c1-13-7-9-14(10-8-13)12-23-16-6-4-3-5-15(16)11-18-17-19-20-21-22(17)2/h3-10H,11-12H2,1-2H3,(H,18,19,21). The topological polar surface area (TPSA) is 64.9 Å². The van der Waals surface area contributed by atoms with Gasteiger partial charge in [-0.05, 0) is 29.0 Å². The fourth-order valence-corrected chi connectivity index (χ4v) is 2.19. The number of hydrogen-bond acceptors (Lipinski definition) is 5. The van der Waals surface area contributed by atoms with Crippen LogP contribution in [0.3, 0.4) is 0 Å². The van der Waals surface area contributed by atoms with Gasteiger partial charge in [0.25, 0.3) is 0 Å². The molecule has 0 aliphatic rings. The number of aromatic nitrogens is 4. The molecule has 0 radical (unpaired) electrons. The third-order valence-electron chi connectivity index (χ3n) is 3.54. The van der Waals surface area contributed by atoms with Crippen molar-refractivity contribution in [1.82, 2.24) is 20.2 Å². The Kier molecular flexibility index (Phi) is 4.52. The lowest BCUT2D eigenvalue weighted by Gasteiger charge is -2.12. The lowest BCUT2D eigenvalue weighted by molar-refractivity contribution is 0.303. The first-order valence-corrected chi connectivity index (χ1v) is 7.45. The van der Waals surface area contributed by atoms with Crippen LogP contribution in [0.15, 0.2) is 48.5 Å². The van der Waals surface area contributed by atoms with Crippen LogP contribution in [0.1, 0.15) is 16.7 Å². The average Bonchev–Trinajstić information content (AvgIpc) is 2.98. The van der Waals surface area contributed by atoms with Gasteiger partial charge < -0.3 is 10.1 Å². The molecule has 2 aromatic carbocycles. The number of tetrazole rings is 1. The predicted octanol–water partition coefficient (Wildman–Crippen LogP) is 2.71. The van der Waals surface area contributed by atoms with Crippen LogP contribution >= 0.6 is 0 Å². The van der Waals surface area contributed by atoms with E-state index in [1.807, 2.05) is 24.3 Å². The van der Waals surface area contributed by atoms with Crippen molar-refractivity contribution in [3.05, 3.63) is 65.2 Å². The third kappa shape index (κ3) is 3.85. The second-order valence-corrected chi connectivity index (χ2v) is 5.36. The summed E-state index contributed by atoms with van der Waals surface area (Å²) >= 11 is 0. The molecular formula is C17H19N5O. The molecule has 0 saturated heterocycles. The summed E-state index contributed by atoms with van der Waals surface area (Å²) in [6, 6.07) is 16.3. The summed E-state index contributed by atoms with van der Waals surface area (Å²) in [5.41, 5.74) is 3.45. The predicted molar refractivity (Wildman–Crippen MR) is 88.1 cm³/mol. The zero-order chi connectivity index (χ0) is 16.1. The van der Waals surface area contributed by atoms with Crippen LogP contribution in [-0.2, 0) is 20.2 Å². The van der Waals surface area contributed by atoms with E-state index in [0.29, 0.717) is 19.1 Å². The van der Waals surface area contributed by atoms with Crippen LogP contribution in [0.2, 0.25) is 0 Å². The molecule has 23 heavy (non-hydrogen) atoms. The molecule has 0 fully saturated rings. The van der Waals surface area contributed by atoms with Gasteiger partial charge >= 0.3 is 0 Å². The van der Waals surface area contributed by atoms with Crippen molar-refractivity contribution in [2.24, 2.45) is 7.05 Å². The van der Waals surface area contributed by atoms with Crippen LogP contribution in [0, 0.1) is 6.92 Å². The molecule has 0 spiro atoms. The lowest BCUT2D eigenvalue weighted by Crippen LogP contribution is -2.07. The molecule has 6 nitrogen and oxygen atoms in total. The van der Waals surface area contributed by atoms with E-state index < -0.39 is 0 Å². The highest BCUT2D eigenvalue weighted by Crippen LogP contribution is 2.20. The number of nitrogens with zero attached hydrogens (tertiary/aromatic N) is 4. The van der Waals surface area contributed by atoms with Gasteiger partial charge in [0.2, 0.25) is 5.95 Å². The molecule has 0 amide bonds. The molecule has 0 aliphatic heterocycles. The Morgan fingerprint density at radius 1 is 1.09 bits per heavy atom. The van der Waals surface area contributed by atoms with E-state index in [9.17, 15) is 0 Å². The maximum atomic E-state index is 5.96. The Morgan fingerprint density at radius 3 is 2.61 bits per heavy atom. The molecule has 1 aromatic heterocycles. The van der Waals surface area contributed by atoms with Gasteiger partial charge in [-0.3, -0.25) is 0 Å². The summed E-state index contributed by atoms with van der Waals surface area (Å²) in [4.78, 5) is 0. The van der Waals surface area contributed by atoms with Gasteiger partial charge in [0.15, 0.2) is 0 Å². The maximum Gasteiger partial charge on any atom is 0.242 e. The van der Waals surface area contributed by atoms with Crippen molar-refractivity contribution < 1.29 is 4.74 Å². The highest BCUT2D eigenvalue weighted by atomic mass is 16.5. The molecule has 0 saturated carbocycles. The Morgan fingerprint density at radius 2 is 1.87 bits per heavy atom. The largest absolute Gasteiger partial charge is 0.489 e. The van der Waals surface area contributed by atoms with Crippen LogP contribution in [0.5, 0.6) is 5.75 Å². The number of rotatable bonds is 6. The quantitative estimate of drug-likeness (QED) is 0.758. The van der Waals surface area contributed by atoms with E-state index in [2.05, 4.69) is 52.0 Å². The lowest BCUT2D eigenvalue weighted by atomic mass is 10.1. The number of anilines is 1. The van der Waals surface area contributed by atoms with Gasteiger partial charge in [-0.25, -0.2) is 4.68 Å². The van der Waals surface area contributed by atoms with E-state index in [0.717, 1.165) is 16.9 Å². The van der Waals surface area contributed by atoms with E-state index in [1.165, 1.54) is 5.56 Å². The van der Waals surface area contributed by atoms with Gasteiger partial charge in [0, 0.05) is 19.2 Å². The molecule has 1 heterocycles. The Bertz CT molecular complexity index is 767. The average molecular weight is 309 g/mol. The molecule has 118 valence electrons. The van der Waals surface area contributed by atoms with Crippen molar-refractivity contribution in [3.63, 3.8) is 0 Å². The van der Waals surface area contributed by atoms with Gasteiger partial charge in [-0.1, -0.05) is 53.1 Å². The Balaban J connectivity index is 1.65. The zero-order valence-electron chi connectivity index (χ0n) is 13.2. The second-order valence-electron chi connectivity index (χ2n) is 5.36. The number of hydrogen-bond donors (Lipinski definition) is 1. The minimum Gasteiger partial charge on any atom is -0.489 e. The highest BCUT2D eigenvalue weighted by molar-refractivity contribution is 5.37. The summed E-state index contributed by atoms with van der Waals surface area (Å²) in [6.07, 6.45) is 0. The SMILES string of the molecule is Cc1ccc(COc2ccccc2CNc2nnnn2C)cc1. The van der Waals surface area contributed by atoms with Gasteiger partial charge in [0.1, 0.15) is 12.4 Å². The molecule has 0 bridgehead atoms. The van der Waals surface area contributed by atoms with Crippen LogP contribution in [0.4, 0.5) is 5.95 Å². The Labute approximate surface area is 135 Å². The zero-order valence-corrected chi connectivity index (χ0v) is 13.2. The summed E-state index contributed by atoms with van der Waals surface area (Å²) in [5.74, 6) is 1.48. The normalized spacial score (nSPS) is 10.5. The van der Waals surface area contributed by atoms with Crippen LogP contribution in [-0.4, -0.2) is 20.2 Å². The molecule has 1 N–H and O–H groups in total. The van der Waals surface area contributed by atoms with E-state index in [4.69, 9.17) is 4.74 Å². The molecule has 0 atom stereocenters. The molecular weight excluding hydrogens is 290 g/mol. The van der Waals surface area contributed by atoms with E-state index in [-0.39, 0.29) is 0 Å². The number of aryl methyl sites for hydroxylation is 2. The first-order valence-electron chi connectivity index (χ1n) is 7.45. The third-order valence-corrected chi connectivity index (χ3v) is 3.54. The van der Waals surface area contributed by atoms with E-state index >= 15 is 0 Å². The molecule has 3 aromatic rings. The second kappa shape index (κ2) is 6.91. The first-order chi connectivity index (χ1) is 11.2. The molecule has 6 heteroatoms. The number of para-hydroxylation sites is 1. The van der Waals surface area contributed by atoms with Crippen molar-refractivity contribution in [1.29, 1.82) is 0 Å². The first kappa shape index (κ1) is 15.0. The van der Waals surface area contributed by atoms with Gasteiger partial charge in [-0.15, -0.1) is 0 Å². The number of benzene rings is 2. The summed E-state index contributed by atoms with van der Waals surface area (Å²) in [7, 11) is 1.79. The van der Waals surface area contributed by atoms with Crippen molar-refractivity contribution in [2.75, 3.05) is 5.32 Å². The summed E-state index contributed by atoms with van der Waals surface area (Å²) in [6.45, 7) is 3.22. The minimum atomic E-state index is 0.544. The van der Waals surface area contributed by atoms with Crippen molar-refractivity contribution in [3.8, 4) is 5.75 Å². The fraction of sp³-hybridized carbons (Fsp3) is 0.235. The number of ether oxygens (including phenoxy) is 1. The summed E-state index contributed by atoms with van der Waals surface area (Å²) < 4.78 is 7.56. The Hall–Kier alpha value is -2.89. The van der Waals surface area contributed by atoms with Crippen molar-refractivity contribution >= 4 is 5.95 Å². The highest BCUT2D eigenvalue weighted by Gasteiger charge is 2.06. The monoisotopic (exact) mass is 309 g/mol. The van der Waals surface area contributed by atoms with Crippen LogP contribution < -0.4 is 10.1 Å².